The number of nitrogens with zero attached hydrogens (tertiary/aromatic N) is 3. The number of rotatable bonds is 10. The van der Waals surface area contributed by atoms with Crippen molar-refractivity contribution in [2.75, 3.05) is 0 Å². The molecule has 0 saturated heterocycles. The lowest BCUT2D eigenvalue weighted by Gasteiger charge is -2.28. The standard InChI is InChI=1S/C27H31N3O4/c1-3-5-12-21(11-4-2)33-22-15-17-23(18-16-22)34-27(19-9-6-10-20-27)26(31)29-24-13-7-8-14-25(24)30(32)28-29/h6-10,13-19,21H,3-5,11-12,20H2,1-2H3. The molecule has 0 N–H and O–H groups in total. The highest BCUT2D eigenvalue weighted by Gasteiger charge is 2.45. The third kappa shape index (κ3) is 4.98. The molecule has 1 aliphatic rings. The molecule has 7 heteroatoms. The Morgan fingerprint density at radius 1 is 1.09 bits per heavy atom. The number of carbonyl (C=O) groups is 1. The summed E-state index contributed by atoms with van der Waals surface area (Å²) in [7, 11) is 0. The highest BCUT2D eigenvalue weighted by molar-refractivity contribution is 5.95. The zero-order chi connectivity index (χ0) is 24.0. The zero-order valence-electron chi connectivity index (χ0n) is 19.7. The smallest absolute Gasteiger partial charge is 0.383 e. The second-order valence-corrected chi connectivity index (χ2v) is 8.59. The Kier molecular flexibility index (Phi) is 7.30. The number of carbonyl (C=O) groups excluding carboxylic acids is 1. The Balaban J connectivity index is 1.56. The molecule has 1 heterocycles. The van der Waals surface area contributed by atoms with E-state index in [0.29, 0.717) is 28.0 Å². The van der Waals surface area contributed by atoms with Crippen LogP contribution in [0.3, 0.4) is 0 Å². The van der Waals surface area contributed by atoms with E-state index in [9.17, 15) is 10.0 Å². The molecule has 1 aliphatic carbocycles. The van der Waals surface area contributed by atoms with Crippen LogP contribution < -0.4 is 14.3 Å². The zero-order valence-corrected chi connectivity index (χ0v) is 19.7. The molecule has 2 atom stereocenters. The van der Waals surface area contributed by atoms with E-state index in [4.69, 9.17) is 9.47 Å². The fourth-order valence-corrected chi connectivity index (χ4v) is 4.20. The van der Waals surface area contributed by atoms with Crippen molar-refractivity contribution in [3.05, 3.63) is 78.0 Å². The largest absolute Gasteiger partial charge is 0.691 e. The van der Waals surface area contributed by atoms with Crippen LogP contribution in [0.1, 0.15) is 57.2 Å². The highest BCUT2D eigenvalue weighted by Crippen LogP contribution is 2.30. The predicted molar refractivity (Wildman–Crippen MR) is 131 cm³/mol. The van der Waals surface area contributed by atoms with Crippen LogP contribution in [0.5, 0.6) is 11.5 Å². The number of benzene rings is 2. The summed E-state index contributed by atoms with van der Waals surface area (Å²) in [5.74, 6) is 0.890. The van der Waals surface area contributed by atoms with E-state index in [2.05, 4.69) is 19.1 Å². The van der Waals surface area contributed by atoms with Gasteiger partial charge in [0.05, 0.1) is 6.10 Å². The average Bonchev–Trinajstić information content (AvgIpc) is 3.20. The van der Waals surface area contributed by atoms with Gasteiger partial charge in [0, 0.05) is 6.42 Å². The molecule has 2 aromatic carbocycles. The number of fused-ring (bicyclic) bond motifs is 1. The van der Waals surface area contributed by atoms with Gasteiger partial charge in [0.15, 0.2) is 0 Å². The van der Waals surface area contributed by atoms with Crippen LogP contribution in [-0.4, -0.2) is 27.5 Å². The first-order chi connectivity index (χ1) is 16.6. The Bertz CT molecular complexity index is 1180. The summed E-state index contributed by atoms with van der Waals surface area (Å²) in [5, 5.41) is 16.1. The summed E-state index contributed by atoms with van der Waals surface area (Å²) in [6.45, 7) is 4.35. The van der Waals surface area contributed by atoms with E-state index in [0.717, 1.165) is 42.5 Å². The maximum atomic E-state index is 13.7. The van der Waals surface area contributed by atoms with Crippen LogP contribution in [0.4, 0.5) is 0 Å². The summed E-state index contributed by atoms with van der Waals surface area (Å²) in [6, 6.07) is 14.2. The van der Waals surface area contributed by atoms with Gasteiger partial charge in [-0.25, -0.2) is 4.79 Å². The highest BCUT2D eigenvalue weighted by atomic mass is 16.5. The number of unbranched alkanes of at least 4 members (excludes halogenated alkanes) is 1. The topological polar surface area (TPSA) is 80.3 Å². The molecule has 3 aromatic rings. The van der Waals surface area contributed by atoms with Gasteiger partial charge < -0.3 is 14.7 Å². The molecule has 1 aromatic heterocycles. The molecule has 178 valence electrons. The monoisotopic (exact) mass is 461 g/mol. The molecule has 2 unspecified atom stereocenters. The van der Waals surface area contributed by atoms with Gasteiger partial charge in [-0.15, -0.1) is 4.85 Å². The van der Waals surface area contributed by atoms with Crippen LogP contribution in [0.15, 0.2) is 72.8 Å². The van der Waals surface area contributed by atoms with Gasteiger partial charge in [-0.1, -0.05) is 68.2 Å². The first-order valence-corrected chi connectivity index (χ1v) is 12.0. The summed E-state index contributed by atoms with van der Waals surface area (Å²) in [6.07, 6.45) is 13.2. The lowest BCUT2D eigenvalue weighted by Crippen LogP contribution is -2.47. The molecule has 4 rings (SSSR count). The maximum absolute atomic E-state index is 13.7. The van der Waals surface area contributed by atoms with Gasteiger partial charge in [-0.05, 0) is 55.3 Å². The predicted octanol–water partition coefficient (Wildman–Crippen LogP) is 5.38. The molecule has 34 heavy (non-hydrogen) atoms. The summed E-state index contributed by atoms with van der Waals surface area (Å²) < 4.78 is 13.6. The van der Waals surface area contributed by atoms with Crippen molar-refractivity contribution in [2.24, 2.45) is 0 Å². The fraction of sp³-hybridized carbons (Fsp3) is 0.370. The van der Waals surface area contributed by atoms with Crippen molar-refractivity contribution in [3.63, 3.8) is 0 Å². The minimum atomic E-state index is -1.31. The van der Waals surface area contributed by atoms with Crippen molar-refractivity contribution < 1.29 is 19.1 Å². The molecule has 0 spiro atoms. The van der Waals surface area contributed by atoms with E-state index in [1.807, 2.05) is 36.4 Å². The summed E-state index contributed by atoms with van der Waals surface area (Å²) in [4.78, 5) is 14.1. The van der Waals surface area contributed by atoms with Crippen LogP contribution in [0, 0.1) is 5.21 Å². The molecule has 0 fully saturated rings. The number of allylic oxidation sites excluding steroid dienone is 2. The Morgan fingerprint density at radius 2 is 1.85 bits per heavy atom. The SMILES string of the molecule is CCCCC(CCC)Oc1ccc(OC2(C(=O)n3n[n+]([O-])c4ccccc43)C=CC=CC2)cc1. The van der Waals surface area contributed by atoms with E-state index >= 15 is 0 Å². The van der Waals surface area contributed by atoms with Crippen molar-refractivity contribution in [3.8, 4) is 11.5 Å². The quantitative estimate of drug-likeness (QED) is 0.299. The van der Waals surface area contributed by atoms with E-state index < -0.39 is 11.5 Å². The van der Waals surface area contributed by atoms with Gasteiger partial charge in [-0.3, -0.25) is 0 Å². The number of hydrogen-bond acceptors (Lipinski definition) is 5. The van der Waals surface area contributed by atoms with Crippen molar-refractivity contribution in [2.45, 2.75) is 64.1 Å². The molecule has 0 bridgehead atoms. The second-order valence-electron chi connectivity index (χ2n) is 8.59. The van der Waals surface area contributed by atoms with Crippen LogP contribution in [0.2, 0.25) is 0 Å². The lowest BCUT2D eigenvalue weighted by atomic mass is 9.93. The van der Waals surface area contributed by atoms with Crippen LogP contribution in [-0.2, 0) is 0 Å². The number of aromatic nitrogens is 3. The normalized spacial score (nSPS) is 18.2. The third-order valence-corrected chi connectivity index (χ3v) is 5.99. The van der Waals surface area contributed by atoms with Crippen molar-refractivity contribution >= 4 is 16.9 Å². The van der Waals surface area contributed by atoms with Crippen molar-refractivity contribution in [1.29, 1.82) is 0 Å². The van der Waals surface area contributed by atoms with E-state index in [-0.39, 0.29) is 6.10 Å². The molecule has 0 saturated carbocycles. The summed E-state index contributed by atoms with van der Waals surface area (Å²) in [5.41, 5.74) is -0.552. The van der Waals surface area contributed by atoms with Gasteiger partial charge in [0.2, 0.25) is 16.6 Å². The minimum Gasteiger partial charge on any atom is -0.691 e. The van der Waals surface area contributed by atoms with E-state index in [1.54, 1.807) is 36.4 Å². The van der Waals surface area contributed by atoms with Crippen molar-refractivity contribution in [1.82, 2.24) is 9.90 Å². The van der Waals surface area contributed by atoms with E-state index in [1.165, 1.54) is 0 Å². The first kappa shape index (κ1) is 23.5. The number of hydrogen-bond donors (Lipinski definition) is 0. The lowest BCUT2D eigenvalue weighted by molar-refractivity contribution is -0.645. The molecule has 0 aliphatic heterocycles. The van der Waals surface area contributed by atoms with Gasteiger partial charge in [0.25, 0.3) is 0 Å². The molecular formula is C27H31N3O4. The third-order valence-electron chi connectivity index (χ3n) is 5.99. The number of para-hydroxylation sites is 2. The molecule has 7 nitrogen and oxygen atoms in total. The van der Waals surface area contributed by atoms with Gasteiger partial charge in [-0.2, -0.15) is 0 Å². The second kappa shape index (κ2) is 10.5. The van der Waals surface area contributed by atoms with Crippen LogP contribution >= 0.6 is 0 Å². The minimum absolute atomic E-state index is 0.197. The average molecular weight is 462 g/mol. The molecule has 0 radical (unpaired) electrons. The number of ether oxygens (including phenoxy) is 2. The summed E-state index contributed by atoms with van der Waals surface area (Å²) >= 11 is 0. The first-order valence-electron chi connectivity index (χ1n) is 12.0. The Hall–Kier alpha value is -3.61. The Morgan fingerprint density at radius 3 is 2.56 bits per heavy atom. The van der Waals surface area contributed by atoms with Gasteiger partial charge >= 0.3 is 5.91 Å². The molecule has 0 amide bonds. The molecular weight excluding hydrogens is 430 g/mol. The van der Waals surface area contributed by atoms with Gasteiger partial charge in [0.1, 0.15) is 16.7 Å². The Labute approximate surface area is 199 Å². The fourth-order valence-electron chi connectivity index (χ4n) is 4.20. The van der Waals surface area contributed by atoms with Crippen LogP contribution in [0.25, 0.3) is 11.0 Å². The maximum Gasteiger partial charge on any atom is 0.383 e.